The highest BCUT2D eigenvalue weighted by atomic mass is 16.1. The minimum absolute atomic E-state index is 0.750. The van der Waals surface area contributed by atoms with Crippen molar-refractivity contribution in [2.24, 2.45) is 0 Å². The molecule has 0 unspecified atom stereocenters. The smallest absolute Gasteiger partial charge is 0.222 e. The standard InChI is InChI=1S/C8H8.2CHNO/c1-2-8-6-4-3-5-7-8;2*2-1-3/h2-7H,1H2;2*2H. The fourth-order valence-corrected chi connectivity index (χ4v) is 0.589. The van der Waals surface area contributed by atoms with Crippen molar-refractivity contribution in [3.8, 4) is 0 Å². The number of hydrogen-bond acceptors (Lipinski definition) is 4. The summed E-state index contributed by atoms with van der Waals surface area (Å²) < 4.78 is 0. The molecule has 0 heterocycles. The number of nitrogens with one attached hydrogen (secondary N) is 2. The van der Waals surface area contributed by atoms with E-state index >= 15 is 0 Å². The lowest BCUT2D eigenvalue weighted by atomic mass is 10.2. The van der Waals surface area contributed by atoms with Gasteiger partial charge in [0.1, 0.15) is 0 Å². The Labute approximate surface area is 81.9 Å². The highest BCUT2D eigenvalue weighted by Gasteiger charge is 1.75. The van der Waals surface area contributed by atoms with E-state index in [4.69, 9.17) is 20.4 Å². The molecule has 0 amide bonds. The highest BCUT2D eigenvalue weighted by Crippen LogP contribution is 1.97. The van der Waals surface area contributed by atoms with Crippen LogP contribution in [0.4, 0.5) is 0 Å². The topological polar surface area (TPSA) is 81.8 Å². The van der Waals surface area contributed by atoms with E-state index in [-0.39, 0.29) is 0 Å². The van der Waals surface area contributed by atoms with E-state index in [0.717, 1.165) is 12.2 Å². The molecule has 0 radical (unpaired) electrons. The molecule has 0 spiro atoms. The lowest BCUT2D eigenvalue weighted by molar-refractivity contribution is 0.562. The molecule has 14 heavy (non-hydrogen) atoms. The molecular weight excluding hydrogens is 180 g/mol. The van der Waals surface area contributed by atoms with Crippen LogP contribution in [0.1, 0.15) is 5.56 Å². The van der Waals surface area contributed by atoms with Crippen LogP contribution in [0.2, 0.25) is 0 Å². The molecule has 1 aromatic carbocycles. The van der Waals surface area contributed by atoms with Gasteiger partial charge in [-0.1, -0.05) is 43.0 Å². The zero-order valence-electron chi connectivity index (χ0n) is 7.49. The van der Waals surface area contributed by atoms with Crippen LogP contribution in [0.15, 0.2) is 36.9 Å². The van der Waals surface area contributed by atoms with E-state index in [1.54, 1.807) is 0 Å². The van der Waals surface area contributed by atoms with Crippen LogP contribution in [0, 0.1) is 10.8 Å². The Morgan fingerprint density at radius 3 is 1.64 bits per heavy atom. The van der Waals surface area contributed by atoms with Gasteiger partial charge in [0, 0.05) is 0 Å². The van der Waals surface area contributed by atoms with Crippen LogP contribution in [-0.4, -0.2) is 12.2 Å². The molecule has 2 N–H and O–H groups in total. The summed E-state index contributed by atoms with van der Waals surface area (Å²) in [5, 5.41) is 10.8. The lowest BCUT2D eigenvalue weighted by Gasteiger charge is -1.85. The molecule has 72 valence electrons. The van der Waals surface area contributed by atoms with Gasteiger partial charge in [0.15, 0.2) is 0 Å². The number of rotatable bonds is 1. The Balaban J connectivity index is 0. The Morgan fingerprint density at radius 1 is 1.07 bits per heavy atom. The van der Waals surface area contributed by atoms with Crippen LogP contribution in [0.3, 0.4) is 0 Å². The summed E-state index contributed by atoms with van der Waals surface area (Å²) in [6.07, 6.45) is 3.33. The second-order valence-electron chi connectivity index (χ2n) is 1.82. The van der Waals surface area contributed by atoms with Crippen molar-refractivity contribution < 1.29 is 9.59 Å². The van der Waals surface area contributed by atoms with Crippen molar-refractivity contribution in [2.75, 3.05) is 0 Å². The first kappa shape index (κ1) is 14.3. The molecule has 0 bridgehead atoms. The normalized spacial score (nSPS) is 6.00. The van der Waals surface area contributed by atoms with Crippen LogP contribution < -0.4 is 0 Å². The summed E-state index contributed by atoms with van der Waals surface area (Å²) in [6, 6.07) is 10.0. The van der Waals surface area contributed by atoms with Gasteiger partial charge in [0.2, 0.25) is 12.2 Å². The minimum atomic E-state index is 0.750. The average molecular weight is 190 g/mol. The van der Waals surface area contributed by atoms with Gasteiger partial charge in [0.25, 0.3) is 0 Å². The van der Waals surface area contributed by atoms with Gasteiger partial charge < -0.3 is 0 Å². The molecule has 0 aliphatic carbocycles. The SMILES string of the molecule is C=Cc1ccccc1.N=C=O.N=C=O. The van der Waals surface area contributed by atoms with Crippen LogP contribution in [-0.2, 0) is 9.59 Å². The summed E-state index contributed by atoms with van der Waals surface area (Å²) >= 11 is 0. The summed E-state index contributed by atoms with van der Waals surface area (Å²) in [5.74, 6) is 0. The van der Waals surface area contributed by atoms with Gasteiger partial charge in [-0.25, -0.2) is 20.4 Å². The lowest BCUT2D eigenvalue weighted by Crippen LogP contribution is -1.63. The number of benzene rings is 1. The van der Waals surface area contributed by atoms with Crippen molar-refractivity contribution >= 4 is 18.2 Å². The molecule has 4 heteroatoms. The molecule has 0 saturated carbocycles. The van der Waals surface area contributed by atoms with Crippen molar-refractivity contribution in [2.45, 2.75) is 0 Å². The van der Waals surface area contributed by atoms with E-state index in [1.807, 2.05) is 36.4 Å². The predicted octanol–water partition coefficient (Wildman–Crippen LogP) is 2.13. The fourth-order valence-electron chi connectivity index (χ4n) is 0.589. The van der Waals surface area contributed by atoms with Gasteiger partial charge >= 0.3 is 0 Å². The number of isocyanates is 2. The molecule has 0 aromatic heterocycles. The van der Waals surface area contributed by atoms with Crippen LogP contribution in [0.5, 0.6) is 0 Å². The van der Waals surface area contributed by atoms with E-state index < -0.39 is 0 Å². The quantitative estimate of drug-likeness (QED) is 0.525. The Kier molecular flexibility index (Phi) is 13.6. The molecule has 0 aliphatic rings. The zero-order valence-corrected chi connectivity index (χ0v) is 7.49. The van der Waals surface area contributed by atoms with Gasteiger partial charge in [-0.05, 0) is 5.56 Å². The van der Waals surface area contributed by atoms with Crippen LogP contribution in [0.25, 0.3) is 6.08 Å². The van der Waals surface area contributed by atoms with Gasteiger partial charge in [-0.2, -0.15) is 0 Å². The Hall–Kier alpha value is -2.28. The van der Waals surface area contributed by atoms with Gasteiger partial charge in [-0.3, -0.25) is 0 Å². The second kappa shape index (κ2) is 13.3. The molecule has 0 saturated heterocycles. The largest absolute Gasteiger partial charge is 0.231 e. The van der Waals surface area contributed by atoms with Crippen molar-refractivity contribution in [3.05, 3.63) is 42.5 Å². The van der Waals surface area contributed by atoms with E-state index in [1.165, 1.54) is 5.56 Å². The Morgan fingerprint density at radius 2 is 1.43 bits per heavy atom. The van der Waals surface area contributed by atoms with E-state index in [9.17, 15) is 0 Å². The maximum absolute atomic E-state index is 8.35. The number of hydrogen-bond donors (Lipinski definition) is 2. The van der Waals surface area contributed by atoms with E-state index in [0.29, 0.717) is 0 Å². The van der Waals surface area contributed by atoms with E-state index in [2.05, 4.69) is 6.58 Å². The maximum atomic E-state index is 8.35. The molecule has 0 aliphatic heterocycles. The third kappa shape index (κ3) is 12.4. The summed E-state index contributed by atoms with van der Waals surface area (Å²) in [5.41, 5.74) is 1.17. The first-order valence-corrected chi connectivity index (χ1v) is 3.52. The molecule has 0 atom stereocenters. The van der Waals surface area contributed by atoms with Crippen molar-refractivity contribution in [3.63, 3.8) is 0 Å². The molecule has 1 aromatic rings. The minimum Gasteiger partial charge on any atom is -0.222 e. The average Bonchev–Trinajstić information content (AvgIpc) is 2.21. The third-order valence-electron chi connectivity index (χ3n) is 1.04. The summed E-state index contributed by atoms with van der Waals surface area (Å²) in [6.45, 7) is 3.63. The summed E-state index contributed by atoms with van der Waals surface area (Å²) in [4.78, 5) is 16.7. The predicted molar refractivity (Wildman–Crippen MR) is 53.4 cm³/mol. The monoisotopic (exact) mass is 190 g/mol. The maximum Gasteiger partial charge on any atom is 0.231 e. The summed E-state index contributed by atoms with van der Waals surface area (Å²) in [7, 11) is 0. The first-order chi connectivity index (χ1) is 6.76. The Bertz CT molecular complexity index is 296. The second-order valence-corrected chi connectivity index (χ2v) is 1.82. The zero-order chi connectivity index (χ0) is 11.2. The number of carbonyl (C=O) groups excluding carboxylic acids is 2. The molecular formula is C10H10N2O2. The van der Waals surface area contributed by atoms with Gasteiger partial charge in [-0.15, -0.1) is 0 Å². The molecule has 1 rings (SSSR count). The van der Waals surface area contributed by atoms with Crippen molar-refractivity contribution in [1.29, 1.82) is 10.8 Å². The first-order valence-electron chi connectivity index (χ1n) is 3.52. The van der Waals surface area contributed by atoms with Crippen molar-refractivity contribution in [1.82, 2.24) is 0 Å². The molecule has 0 fully saturated rings. The molecule has 4 nitrogen and oxygen atoms in total. The highest BCUT2D eigenvalue weighted by molar-refractivity contribution is 5.45. The van der Waals surface area contributed by atoms with Crippen LogP contribution >= 0.6 is 0 Å². The van der Waals surface area contributed by atoms with Gasteiger partial charge in [0.05, 0.1) is 0 Å². The third-order valence-corrected chi connectivity index (χ3v) is 1.04. The fraction of sp³-hybridized carbons (Fsp3) is 0.